The number of carbonyl (C=O) groups is 1. The number of carbonyl (C=O) groups excluding carboxylic acids is 1. The Morgan fingerprint density at radius 2 is 2.28 bits per heavy atom. The van der Waals surface area contributed by atoms with E-state index in [0.29, 0.717) is 17.9 Å². The third kappa shape index (κ3) is 3.16. The maximum absolute atomic E-state index is 12.3. The molecule has 1 aliphatic rings. The number of amides is 1. The second-order valence-electron chi connectivity index (χ2n) is 4.15. The van der Waals surface area contributed by atoms with Crippen LogP contribution in [0.5, 0.6) is 5.75 Å². The van der Waals surface area contributed by atoms with Gasteiger partial charge >= 0.3 is 0 Å². The van der Waals surface area contributed by atoms with E-state index in [4.69, 9.17) is 10.5 Å². The number of hydrogen-bond donors (Lipinski definition) is 1. The first-order valence-electron chi connectivity index (χ1n) is 5.50. The highest BCUT2D eigenvalue weighted by Gasteiger charge is 2.25. The number of nitrogens with two attached hydrogens (primary N) is 1. The van der Waals surface area contributed by atoms with Gasteiger partial charge in [-0.2, -0.15) is 0 Å². The first-order valence-corrected chi connectivity index (χ1v) is 6.29. The summed E-state index contributed by atoms with van der Waals surface area (Å²) >= 11 is 3.39. The third-order valence-corrected chi connectivity index (χ3v) is 3.61. The van der Waals surface area contributed by atoms with Gasteiger partial charge in [-0.15, -0.1) is 12.4 Å². The Morgan fingerprint density at radius 3 is 2.83 bits per heavy atom. The van der Waals surface area contributed by atoms with Crippen molar-refractivity contribution in [1.82, 2.24) is 4.90 Å². The fraction of sp³-hybridized carbons (Fsp3) is 0.417. The van der Waals surface area contributed by atoms with Gasteiger partial charge < -0.3 is 15.4 Å². The van der Waals surface area contributed by atoms with Crippen molar-refractivity contribution >= 4 is 34.2 Å². The van der Waals surface area contributed by atoms with Crippen molar-refractivity contribution in [3.8, 4) is 5.75 Å². The van der Waals surface area contributed by atoms with Gasteiger partial charge in [0.05, 0.1) is 12.7 Å². The zero-order chi connectivity index (χ0) is 12.4. The van der Waals surface area contributed by atoms with Gasteiger partial charge in [0.25, 0.3) is 5.91 Å². The van der Waals surface area contributed by atoms with Crippen molar-refractivity contribution in [3.63, 3.8) is 0 Å². The van der Waals surface area contributed by atoms with Gasteiger partial charge in [0.1, 0.15) is 5.75 Å². The summed E-state index contributed by atoms with van der Waals surface area (Å²) in [5.41, 5.74) is 6.43. The Bertz CT molecular complexity index is 442. The summed E-state index contributed by atoms with van der Waals surface area (Å²) in [6.07, 6.45) is 0.868. The molecule has 2 N–H and O–H groups in total. The molecule has 2 rings (SSSR count). The summed E-state index contributed by atoms with van der Waals surface area (Å²) in [4.78, 5) is 14.0. The van der Waals surface area contributed by atoms with E-state index in [1.165, 1.54) is 0 Å². The van der Waals surface area contributed by atoms with Crippen LogP contribution in [-0.2, 0) is 0 Å². The van der Waals surface area contributed by atoms with Crippen molar-refractivity contribution in [1.29, 1.82) is 0 Å². The monoisotopic (exact) mass is 334 g/mol. The average molecular weight is 336 g/mol. The molecule has 0 bridgehead atoms. The molecule has 1 amide bonds. The quantitative estimate of drug-likeness (QED) is 0.900. The SMILES string of the molecule is COc1ccc(Br)c(C(=O)N2CC[C@H](N)C2)c1.Cl. The molecular weight excluding hydrogens is 320 g/mol. The Labute approximate surface area is 121 Å². The predicted molar refractivity (Wildman–Crippen MR) is 76.4 cm³/mol. The number of nitrogens with zero attached hydrogens (tertiary/aromatic N) is 1. The highest BCUT2D eigenvalue weighted by Crippen LogP contribution is 2.24. The smallest absolute Gasteiger partial charge is 0.255 e. The van der Waals surface area contributed by atoms with Crippen LogP contribution in [0.2, 0.25) is 0 Å². The average Bonchev–Trinajstić information content (AvgIpc) is 2.76. The second-order valence-corrected chi connectivity index (χ2v) is 5.00. The van der Waals surface area contributed by atoms with Crippen LogP contribution in [-0.4, -0.2) is 37.0 Å². The van der Waals surface area contributed by atoms with Crippen molar-refractivity contribution in [2.45, 2.75) is 12.5 Å². The molecular formula is C12H16BrClN2O2. The molecule has 0 aromatic heterocycles. The molecule has 6 heteroatoms. The molecule has 1 aromatic rings. The first kappa shape index (κ1) is 15.3. The van der Waals surface area contributed by atoms with Crippen molar-refractivity contribution < 1.29 is 9.53 Å². The third-order valence-electron chi connectivity index (χ3n) is 2.92. The molecule has 1 saturated heterocycles. The molecule has 0 saturated carbocycles. The lowest BCUT2D eigenvalue weighted by atomic mass is 10.2. The Balaban J connectivity index is 0.00000162. The van der Waals surface area contributed by atoms with E-state index in [9.17, 15) is 4.79 Å². The van der Waals surface area contributed by atoms with E-state index in [1.54, 1.807) is 18.1 Å². The van der Waals surface area contributed by atoms with Crippen LogP contribution in [0.15, 0.2) is 22.7 Å². The molecule has 100 valence electrons. The molecule has 0 spiro atoms. The molecule has 1 aromatic carbocycles. The number of rotatable bonds is 2. The Kier molecular flexibility index (Phi) is 5.44. The Morgan fingerprint density at radius 1 is 1.56 bits per heavy atom. The summed E-state index contributed by atoms with van der Waals surface area (Å²) in [5, 5.41) is 0. The molecule has 1 heterocycles. The van der Waals surface area contributed by atoms with Gasteiger partial charge in [-0.1, -0.05) is 0 Å². The molecule has 0 radical (unpaired) electrons. The predicted octanol–water partition coefficient (Wildman–Crippen LogP) is 2.05. The zero-order valence-corrected chi connectivity index (χ0v) is 12.5. The van der Waals surface area contributed by atoms with Gasteiger partial charge in [0.2, 0.25) is 0 Å². The van der Waals surface area contributed by atoms with E-state index >= 15 is 0 Å². The van der Waals surface area contributed by atoms with Crippen LogP contribution in [0.4, 0.5) is 0 Å². The van der Waals surface area contributed by atoms with E-state index in [2.05, 4.69) is 15.9 Å². The van der Waals surface area contributed by atoms with Gasteiger partial charge in [0.15, 0.2) is 0 Å². The lowest BCUT2D eigenvalue weighted by molar-refractivity contribution is 0.0789. The molecule has 18 heavy (non-hydrogen) atoms. The summed E-state index contributed by atoms with van der Waals surface area (Å²) in [5.74, 6) is 0.684. The fourth-order valence-electron chi connectivity index (χ4n) is 1.94. The fourth-order valence-corrected chi connectivity index (χ4v) is 2.35. The van der Waals surface area contributed by atoms with E-state index < -0.39 is 0 Å². The van der Waals surface area contributed by atoms with Crippen LogP contribution in [0.1, 0.15) is 16.8 Å². The molecule has 0 unspecified atom stereocenters. The topological polar surface area (TPSA) is 55.6 Å². The maximum atomic E-state index is 12.3. The molecule has 0 aliphatic carbocycles. The number of halogens is 2. The van der Waals surface area contributed by atoms with Crippen LogP contribution >= 0.6 is 28.3 Å². The summed E-state index contributed by atoms with van der Waals surface area (Å²) in [6.45, 7) is 1.35. The number of ether oxygens (including phenoxy) is 1. The Hall–Kier alpha value is -0.780. The van der Waals surface area contributed by atoms with Crippen LogP contribution in [0.3, 0.4) is 0 Å². The van der Waals surface area contributed by atoms with E-state index in [-0.39, 0.29) is 24.4 Å². The number of benzene rings is 1. The van der Waals surface area contributed by atoms with Crippen molar-refractivity contribution in [3.05, 3.63) is 28.2 Å². The van der Waals surface area contributed by atoms with E-state index in [1.807, 2.05) is 12.1 Å². The summed E-state index contributed by atoms with van der Waals surface area (Å²) in [6, 6.07) is 5.48. The lowest BCUT2D eigenvalue weighted by Crippen LogP contribution is -2.32. The summed E-state index contributed by atoms with van der Waals surface area (Å²) < 4.78 is 5.91. The molecule has 4 nitrogen and oxygen atoms in total. The van der Waals surface area contributed by atoms with Gasteiger partial charge in [-0.05, 0) is 40.5 Å². The summed E-state index contributed by atoms with van der Waals surface area (Å²) in [7, 11) is 1.59. The van der Waals surface area contributed by atoms with Crippen LogP contribution in [0, 0.1) is 0 Å². The standard InChI is InChI=1S/C12H15BrN2O2.ClH/c1-17-9-2-3-11(13)10(6-9)12(16)15-5-4-8(14)7-15;/h2-3,6,8H,4-5,7,14H2,1H3;1H/t8-;/m0./s1. The van der Waals surface area contributed by atoms with Gasteiger partial charge in [-0.3, -0.25) is 4.79 Å². The lowest BCUT2D eigenvalue weighted by Gasteiger charge is -2.17. The van der Waals surface area contributed by atoms with Crippen molar-refractivity contribution in [2.24, 2.45) is 5.73 Å². The van der Waals surface area contributed by atoms with Gasteiger partial charge in [0, 0.05) is 23.6 Å². The molecule has 1 fully saturated rings. The van der Waals surface area contributed by atoms with Crippen molar-refractivity contribution in [2.75, 3.05) is 20.2 Å². The first-order chi connectivity index (χ1) is 8.11. The highest BCUT2D eigenvalue weighted by atomic mass is 79.9. The van der Waals surface area contributed by atoms with Gasteiger partial charge in [-0.25, -0.2) is 0 Å². The largest absolute Gasteiger partial charge is 0.497 e. The minimum absolute atomic E-state index is 0. The minimum atomic E-state index is 0. The maximum Gasteiger partial charge on any atom is 0.255 e. The van der Waals surface area contributed by atoms with Crippen LogP contribution < -0.4 is 10.5 Å². The number of methoxy groups -OCH3 is 1. The number of hydrogen-bond acceptors (Lipinski definition) is 3. The number of likely N-dealkylation sites (tertiary alicyclic amines) is 1. The highest BCUT2D eigenvalue weighted by molar-refractivity contribution is 9.10. The van der Waals surface area contributed by atoms with Crippen LogP contribution in [0.25, 0.3) is 0 Å². The zero-order valence-electron chi connectivity index (χ0n) is 10.1. The molecule has 1 atom stereocenters. The minimum Gasteiger partial charge on any atom is -0.497 e. The normalized spacial score (nSPS) is 18.4. The molecule has 1 aliphatic heterocycles. The van der Waals surface area contributed by atoms with E-state index in [0.717, 1.165) is 17.4 Å². The second kappa shape index (κ2) is 6.41.